The fourth-order valence-corrected chi connectivity index (χ4v) is 4.81. The average Bonchev–Trinajstić information content (AvgIpc) is 3.06. The molecule has 1 aliphatic heterocycles. The van der Waals surface area contributed by atoms with Crippen molar-refractivity contribution >= 4 is 17.2 Å². The van der Waals surface area contributed by atoms with E-state index in [9.17, 15) is 18.0 Å². The van der Waals surface area contributed by atoms with Crippen LogP contribution in [0.25, 0.3) is 0 Å². The minimum absolute atomic E-state index is 0.0847. The molecule has 2 atom stereocenters. The minimum atomic E-state index is -4.37. The van der Waals surface area contributed by atoms with Crippen molar-refractivity contribution in [3.8, 4) is 0 Å². The molecule has 1 aliphatic rings. The first kappa shape index (κ1) is 19.9. The number of amides is 1. The maximum absolute atomic E-state index is 13.3. The molecule has 3 rings (SSSR count). The molecule has 0 radical (unpaired) electrons. The fourth-order valence-electron chi connectivity index (χ4n) is 3.73. The Labute approximate surface area is 161 Å². The van der Waals surface area contributed by atoms with Crippen LogP contribution in [0.4, 0.5) is 13.2 Å². The number of halogens is 3. The summed E-state index contributed by atoms with van der Waals surface area (Å²) in [6, 6.07) is 11.5. The fraction of sp³-hybridized carbons (Fsp3) is 0.450. The van der Waals surface area contributed by atoms with Crippen LogP contribution in [0.5, 0.6) is 0 Å². The SMILES string of the molecule is Cc1ccsc1C1CN(C(F)(F)F)CCC1C(=O)N(C)Cc1ccccc1. The van der Waals surface area contributed by atoms with Gasteiger partial charge in [-0.3, -0.25) is 4.79 Å². The zero-order valence-electron chi connectivity index (χ0n) is 15.4. The average molecular weight is 396 g/mol. The lowest BCUT2D eigenvalue weighted by molar-refractivity contribution is -0.253. The summed E-state index contributed by atoms with van der Waals surface area (Å²) in [6.07, 6.45) is -4.16. The molecular formula is C20H23F3N2OS. The monoisotopic (exact) mass is 396 g/mol. The van der Waals surface area contributed by atoms with Gasteiger partial charge in [0.2, 0.25) is 5.91 Å². The van der Waals surface area contributed by atoms with E-state index in [0.717, 1.165) is 16.0 Å². The Morgan fingerprint density at radius 2 is 1.96 bits per heavy atom. The maximum atomic E-state index is 13.3. The first-order valence-corrected chi connectivity index (χ1v) is 9.80. The Balaban J connectivity index is 1.81. The molecule has 3 nitrogen and oxygen atoms in total. The van der Waals surface area contributed by atoms with Crippen molar-refractivity contribution in [3.05, 3.63) is 57.8 Å². The second-order valence-corrected chi connectivity index (χ2v) is 8.01. The third kappa shape index (κ3) is 4.52. The van der Waals surface area contributed by atoms with Crippen LogP contribution in [-0.4, -0.2) is 42.1 Å². The molecule has 1 aromatic heterocycles. The highest BCUT2D eigenvalue weighted by molar-refractivity contribution is 7.10. The van der Waals surface area contributed by atoms with Gasteiger partial charge >= 0.3 is 6.30 Å². The van der Waals surface area contributed by atoms with E-state index >= 15 is 0 Å². The van der Waals surface area contributed by atoms with E-state index in [2.05, 4.69) is 0 Å². The number of piperidine rings is 1. The standard InChI is InChI=1S/C20H23F3N2OS/c1-14-9-11-27-18(14)17-13-25(20(21,22)23)10-8-16(17)19(26)24(2)12-15-6-4-3-5-7-15/h3-7,9,11,16-17H,8,10,12-13H2,1-2H3. The van der Waals surface area contributed by atoms with E-state index in [1.807, 2.05) is 48.7 Å². The molecule has 0 N–H and O–H groups in total. The third-order valence-electron chi connectivity index (χ3n) is 5.17. The number of nitrogens with zero attached hydrogens (tertiary/aromatic N) is 2. The number of hydrogen-bond donors (Lipinski definition) is 0. The maximum Gasteiger partial charge on any atom is 0.459 e. The van der Waals surface area contributed by atoms with Gasteiger partial charge in [0.15, 0.2) is 0 Å². The first-order valence-electron chi connectivity index (χ1n) is 8.92. The molecule has 0 spiro atoms. The summed E-state index contributed by atoms with van der Waals surface area (Å²) in [6.45, 7) is 2.04. The smallest absolute Gasteiger partial charge is 0.341 e. The molecule has 1 aromatic carbocycles. The van der Waals surface area contributed by atoms with E-state index in [1.165, 1.54) is 11.3 Å². The van der Waals surface area contributed by atoms with Gasteiger partial charge in [-0.2, -0.15) is 13.2 Å². The number of benzene rings is 1. The van der Waals surface area contributed by atoms with E-state index in [4.69, 9.17) is 0 Å². The Morgan fingerprint density at radius 1 is 1.26 bits per heavy atom. The predicted octanol–water partition coefficient (Wildman–Crippen LogP) is 4.64. The van der Waals surface area contributed by atoms with E-state index in [-0.39, 0.29) is 25.4 Å². The number of hydrogen-bond acceptors (Lipinski definition) is 3. The topological polar surface area (TPSA) is 23.6 Å². The highest BCUT2D eigenvalue weighted by Gasteiger charge is 2.46. The van der Waals surface area contributed by atoms with E-state index < -0.39 is 18.1 Å². The molecule has 2 heterocycles. The Bertz CT molecular complexity index is 775. The van der Waals surface area contributed by atoms with Gasteiger partial charge in [-0.05, 0) is 35.9 Å². The second-order valence-electron chi connectivity index (χ2n) is 7.06. The zero-order chi connectivity index (χ0) is 19.6. The highest BCUT2D eigenvalue weighted by Crippen LogP contribution is 2.40. The summed E-state index contributed by atoms with van der Waals surface area (Å²) in [5, 5.41) is 1.88. The molecule has 0 saturated carbocycles. The van der Waals surface area contributed by atoms with Gasteiger partial charge in [0, 0.05) is 43.4 Å². The molecule has 146 valence electrons. The Morgan fingerprint density at radius 3 is 2.56 bits per heavy atom. The normalized spacial score (nSPS) is 21.2. The molecule has 1 saturated heterocycles. The van der Waals surface area contributed by atoms with Crippen molar-refractivity contribution in [1.82, 2.24) is 9.80 Å². The van der Waals surface area contributed by atoms with Crippen LogP contribution in [-0.2, 0) is 11.3 Å². The summed E-state index contributed by atoms with van der Waals surface area (Å²) in [5.74, 6) is -0.959. The number of carbonyl (C=O) groups is 1. The molecule has 0 aliphatic carbocycles. The quantitative estimate of drug-likeness (QED) is 0.703. The number of likely N-dealkylation sites (tertiary alicyclic amines) is 1. The molecule has 1 fully saturated rings. The zero-order valence-corrected chi connectivity index (χ0v) is 16.2. The third-order valence-corrected chi connectivity index (χ3v) is 6.32. The number of aryl methyl sites for hydroxylation is 1. The highest BCUT2D eigenvalue weighted by atomic mass is 32.1. The first-order chi connectivity index (χ1) is 12.8. The van der Waals surface area contributed by atoms with Gasteiger partial charge in [-0.15, -0.1) is 11.3 Å². The van der Waals surface area contributed by atoms with Crippen molar-refractivity contribution in [3.63, 3.8) is 0 Å². The summed E-state index contributed by atoms with van der Waals surface area (Å²) >= 11 is 1.44. The molecule has 7 heteroatoms. The van der Waals surface area contributed by atoms with Crippen LogP contribution >= 0.6 is 11.3 Å². The number of rotatable bonds is 4. The number of carbonyl (C=O) groups excluding carboxylic acids is 1. The van der Waals surface area contributed by atoms with Crippen LogP contribution in [0.2, 0.25) is 0 Å². The van der Waals surface area contributed by atoms with Crippen LogP contribution in [0, 0.1) is 12.8 Å². The molecule has 2 unspecified atom stereocenters. The lowest BCUT2D eigenvalue weighted by atomic mass is 9.82. The van der Waals surface area contributed by atoms with Crippen LogP contribution < -0.4 is 0 Å². The summed E-state index contributed by atoms with van der Waals surface area (Å²) in [7, 11) is 1.73. The van der Waals surface area contributed by atoms with Crippen molar-refractivity contribution in [2.75, 3.05) is 20.1 Å². The summed E-state index contributed by atoms with van der Waals surface area (Å²) in [5.41, 5.74) is 1.96. The molecule has 0 bridgehead atoms. The van der Waals surface area contributed by atoms with Crippen molar-refractivity contribution in [2.24, 2.45) is 5.92 Å². The Kier molecular flexibility index (Phi) is 5.91. The molecule has 2 aromatic rings. The van der Waals surface area contributed by atoms with Crippen molar-refractivity contribution in [2.45, 2.75) is 32.1 Å². The van der Waals surface area contributed by atoms with Gasteiger partial charge in [-0.1, -0.05) is 30.3 Å². The lowest BCUT2D eigenvalue weighted by Gasteiger charge is -2.39. The molecule has 1 amide bonds. The largest absolute Gasteiger partial charge is 0.459 e. The predicted molar refractivity (Wildman–Crippen MR) is 100 cm³/mol. The lowest BCUT2D eigenvalue weighted by Crippen LogP contribution is -2.50. The molecular weight excluding hydrogens is 373 g/mol. The van der Waals surface area contributed by atoms with E-state index in [1.54, 1.807) is 11.9 Å². The van der Waals surface area contributed by atoms with Gasteiger partial charge in [0.25, 0.3) is 0 Å². The van der Waals surface area contributed by atoms with Crippen LogP contribution in [0.1, 0.15) is 28.3 Å². The van der Waals surface area contributed by atoms with E-state index in [0.29, 0.717) is 11.4 Å². The van der Waals surface area contributed by atoms with Crippen LogP contribution in [0.3, 0.4) is 0 Å². The molecule has 27 heavy (non-hydrogen) atoms. The summed E-state index contributed by atoms with van der Waals surface area (Å²) < 4.78 is 39.8. The Hall–Kier alpha value is -1.86. The van der Waals surface area contributed by atoms with Gasteiger partial charge in [0.1, 0.15) is 0 Å². The summed E-state index contributed by atoms with van der Waals surface area (Å²) in [4.78, 5) is 16.2. The van der Waals surface area contributed by atoms with Gasteiger partial charge in [-0.25, -0.2) is 4.90 Å². The van der Waals surface area contributed by atoms with Gasteiger partial charge < -0.3 is 4.90 Å². The number of thiophene rings is 1. The van der Waals surface area contributed by atoms with Gasteiger partial charge in [0.05, 0.1) is 0 Å². The minimum Gasteiger partial charge on any atom is -0.341 e. The number of alkyl halides is 3. The van der Waals surface area contributed by atoms with Crippen LogP contribution in [0.15, 0.2) is 41.8 Å². The van der Waals surface area contributed by atoms with Crippen molar-refractivity contribution < 1.29 is 18.0 Å². The van der Waals surface area contributed by atoms with Crippen molar-refractivity contribution in [1.29, 1.82) is 0 Å². The second kappa shape index (κ2) is 8.02.